The quantitative estimate of drug-likeness (QED) is 0.901. The van der Waals surface area contributed by atoms with Crippen molar-refractivity contribution in [3.8, 4) is 0 Å². The first-order valence-electron chi connectivity index (χ1n) is 6.78. The van der Waals surface area contributed by atoms with Crippen LogP contribution >= 0.6 is 0 Å². The summed E-state index contributed by atoms with van der Waals surface area (Å²) in [5, 5.41) is 13.4. The molecule has 0 aliphatic carbocycles. The molecule has 1 aromatic carbocycles. The van der Waals surface area contributed by atoms with Crippen LogP contribution in [0.25, 0.3) is 0 Å². The van der Waals surface area contributed by atoms with Gasteiger partial charge in [0.2, 0.25) is 5.91 Å². The van der Waals surface area contributed by atoms with Gasteiger partial charge in [0.05, 0.1) is 17.9 Å². The van der Waals surface area contributed by atoms with E-state index in [0.29, 0.717) is 11.3 Å². The number of carbonyl (C=O) groups is 1. The maximum Gasteiger partial charge on any atom is 0.232 e. The second-order valence-corrected chi connectivity index (χ2v) is 5.19. The zero-order chi connectivity index (χ0) is 14.3. The first kappa shape index (κ1) is 12.9. The summed E-state index contributed by atoms with van der Waals surface area (Å²) >= 11 is 0. The summed E-state index contributed by atoms with van der Waals surface area (Å²) in [7, 11) is 0. The zero-order valence-electron chi connectivity index (χ0n) is 11.5. The molecule has 4 heteroatoms. The fourth-order valence-corrected chi connectivity index (χ4v) is 2.84. The number of fused-ring (bicyclic) bond motifs is 1. The summed E-state index contributed by atoms with van der Waals surface area (Å²) in [5.74, 6) is 0.348. The molecule has 2 unspecified atom stereocenters. The normalized spacial score (nSPS) is 18.8. The number of amides is 1. The molecular weight excluding hydrogens is 254 g/mol. The minimum atomic E-state index is -0.866. The Balaban J connectivity index is 2.12. The van der Waals surface area contributed by atoms with Gasteiger partial charge < -0.3 is 14.8 Å². The van der Waals surface area contributed by atoms with E-state index in [1.165, 1.54) is 6.26 Å². The lowest BCUT2D eigenvalue weighted by Crippen LogP contribution is -2.11. The number of hydrogen-bond acceptors (Lipinski definition) is 3. The summed E-state index contributed by atoms with van der Waals surface area (Å²) in [4.78, 5) is 12.0. The molecule has 0 fully saturated rings. The third-order valence-electron chi connectivity index (χ3n) is 3.80. The van der Waals surface area contributed by atoms with Crippen LogP contribution in [0.3, 0.4) is 0 Å². The molecule has 0 bridgehead atoms. The Hall–Kier alpha value is -2.07. The predicted octanol–water partition coefficient (Wildman–Crippen LogP) is 3.12. The second-order valence-electron chi connectivity index (χ2n) is 5.19. The molecule has 1 aliphatic heterocycles. The van der Waals surface area contributed by atoms with Gasteiger partial charge in [0.15, 0.2) is 0 Å². The van der Waals surface area contributed by atoms with Gasteiger partial charge in [-0.25, -0.2) is 0 Å². The molecular formula is C16H17NO3. The number of furan rings is 1. The van der Waals surface area contributed by atoms with Crippen molar-refractivity contribution < 1.29 is 14.3 Å². The fraction of sp³-hybridized carbons (Fsp3) is 0.312. The number of carbonyl (C=O) groups excluding carboxylic acids is 1. The van der Waals surface area contributed by atoms with Gasteiger partial charge in [-0.05, 0) is 31.0 Å². The molecule has 20 heavy (non-hydrogen) atoms. The molecule has 2 N–H and O–H groups in total. The summed E-state index contributed by atoms with van der Waals surface area (Å²) in [6.07, 6.45) is 1.41. The highest BCUT2D eigenvalue weighted by Crippen LogP contribution is 2.41. The number of rotatable bonds is 3. The number of benzene rings is 1. The van der Waals surface area contributed by atoms with E-state index < -0.39 is 6.10 Å². The standard InChI is InChI=1S/C16H17NO3/c1-3-10-11-7-9(2)8-12(14(11)17-16(10)19)15(18)13-5-4-6-20-13/h4-8,10,15,18H,3H2,1-2H3,(H,17,19). The maximum absolute atomic E-state index is 12.0. The molecule has 0 saturated carbocycles. The fourth-order valence-electron chi connectivity index (χ4n) is 2.84. The Morgan fingerprint density at radius 3 is 2.90 bits per heavy atom. The van der Waals surface area contributed by atoms with Crippen LogP contribution in [0.4, 0.5) is 5.69 Å². The lowest BCUT2D eigenvalue weighted by atomic mass is 9.92. The van der Waals surface area contributed by atoms with Crippen molar-refractivity contribution in [3.05, 3.63) is 53.0 Å². The van der Waals surface area contributed by atoms with Crippen LogP contribution in [-0.2, 0) is 4.79 Å². The Bertz CT molecular complexity index is 646. The number of hydrogen-bond donors (Lipinski definition) is 2. The number of aliphatic hydroxyl groups excluding tert-OH is 1. The maximum atomic E-state index is 12.0. The van der Waals surface area contributed by atoms with Gasteiger partial charge in [-0.3, -0.25) is 4.79 Å². The summed E-state index contributed by atoms with van der Waals surface area (Å²) < 4.78 is 5.27. The van der Waals surface area contributed by atoms with Gasteiger partial charge in [-0.2, -0.15) is 0 Å². The molecule has 1 aliphatic rings. The minimum Gasteiger partial charge on any atom is -0.466 e. The van der Waals surface area contributed by atoms with Crippen molar-refractivity contribution in [2.75, 3.05) is 5.32 Å². The van der Waals surface area contributed by atoms with E-state index >= 15 is 0 Å². The van der Waals surface area contributed by atoms with Crippen LogP contribution in [0.15, 0.2) is 34.9 Å². The van der Waals surface area contributed by atoms with Crippen LogP contribution in [0.2, 0.25) is 0 Å². The molecule has 0 spiro atoms. The highest BCUT2D eigenvalue weighted by atomic mass is 16.4. The number of nitrogens with one attached hydrogen (secondary N) is 1. The van der Waals surface area contributed by atoms with Crippen molar-refractivity contribution in [1.82, 2.24) is 0 Å². The Labute approximate surface area is 117 Å². The van der Waals surface area contributed by atoms with E-state index in [4.69, 9.17) is 4.42 Å². The number of anilines is 1. The predicted molar refractivity (Wildman–Crippen MR) is 75.6 cm³/mol. The topological polar surface area (TPSA) is 62.5 Å². The molecule has 3 rings (SSSR count). The average molecular weight is 271 g/mol. The van der Waals surface area contributed by atoms with E-state index in [9.17, 15) is 9.90 Å². The molecule has 2 heterocycles. The lowest BCUT2D eigenvalue weighted by Gasteiger charge is -2.15. The van der Waals surface area contributed by atoms with Crippen LogP contribution in [0.1, 0.15) is 47.8 Å². The number of aliphatic hydroxyl groups is 1. The first-order chi connectivity index (χ1) is 9.61. The van der Waals surface area contributed by atoms with Crippen molar-refractivity contribution >= 4 is 11.6 Å². The van der Waals surface area contributed by atoms with E-state index in [1.807, 2.05) is 26.0 Å². The van der Waals surface area contributed by atoms with E-state index in [-0.39, 0.29) is 11.8 Å². The highest BCUT2D eigenvalue weighted by Gasteiger charge is 2.33. The van der Waals surface area contributed by atoms with Gasteiger partial charge in [0.25, 0.3) is 0 Å². The third kappa shape index (κ3) is 1.93. The molecule has 2 atom stereocenters. The van der Waals surface area contributed by atoms with Crippen LogP contribution in [-0.4, -0.2) is 11.0 Å². The van der Waals surface area contributed by atoms with Crippen molar-refractivity contribution in [2.45, 2.75) is 32.3 Å². The average Bonchev–Trinajstić information content (AvgIpc) is 3.04. The SMILES string of the molecule is CCC1C(=O)Nc2c1cc(C)cc2C(O)c1ccco1. The summed E-state index contributed by atoms with van der Waals surface area (Å²) in [5.41, 5.74) is 3.42. The molecule has 4 nitrogen and oxygen atoms in total. The largest absolute Gasteiger partial charge is 0.466 e. The monoisotopic (exact) mass is 271 g/mol. The van der Waals surface area contributed by atoms with E-state index in [0.717, 1.165) is 23.2 Å². The Morgan fingerprint density at radius 1 is 1.45 bits per heavy atom. The second kappa shape index (κ2) is 4.80. The van der Waals surface area contributed by atoms with Gasteiger partial charge in [-0.15, -0.1) is 0 Å². The molecule has 0 saturated heterocycles. The van der Waals surface area contributed by atoms with Crippen molar-refractivity contribution in [2.24, 2.45) is 0 Å². The third-order valence-corrected chi connectivity index (χ3v) is 3.80. The van der Waals surface area contributed by atoms with Gasteiger partial charge in [-0.1, -0.05) is 24.6 Å². The van der Waals surface area contributed by atoms with Gasteiger partial charge in [0, 0.05) is 5.56 Å². The first-order valence-corrected chi connectivity index (χ1v) is 6.78. The molecule has 1 aromatic heterocycles. The van der Waals surface area contributed by atoms with Crippen molar-refractivity contribution in [1.29, 1.82) is 0 Å². The minimum absolute atomic E-state index is 0.000921. The van der Waals surface area contributed by atoms with Crippen molar-refractivity contribution in [3.63, 3.8) is 0 Å². The molecule has 1 amide bonds. The van der Waals surface area contributed by atoms with Gasteiger partial charge in [0.1, 0.15) is 11.9 Å². The van der Waals surface area contributed by atoms with E-state index in [1.54, 1.807) is 12.1 Å². The smallest absolute Gasteiger partial charge is 0.232 e. The molecule has 104 valence electrons. The lowest BCUT2D eigenvalue weighted by molar-refractivity contribution is -0.117. The summed E-state index contributed by atoms with van der Waals surface area (Å²) in [6, 6.07) is 7.37. The van der Waals surface area contributed by atoms with Crippen LogP contribution < -0.4 is 5.32 Å². The Kier molecular flexibility index (Phi) is 3.10. The summed E-state index contributed by atoms with van der Waals surface area (Å²) in [6.45, 7) is 3.96. The van der Waals surface area contributed by atoms with Crippen LogP contribution in [0.5, 0.6) is 0 Å². The van der Waals surface area contributed by atoms with Crippen LogP contribution in [0, 0.1) is 6.92 Å². The van der Waals surface area contributed by atoms with Gasteiger partial charge >= 0.3 is 0 Å². The van der Waals surface area contributed by atoms with E-state index in [2.05, 4.69) is 5.32 Å². The molecule has 0 radical (unpaired) electrons. The highest BCUT2D eigenvalue weighted by molar-refractivity contribution is 6.03. The molecule has 2 aromatic rings. The zero-order valence-corrected chi connectivity index (χ0v) is 11.5. The Morgan fingerprint density at radius 2 is 2.25 bits per heavy atom. The number of aryl methyl sites for hydroxylation is 1.